The van der Waals surface area contributed by atoms with E-state index in [1.807, 2.05) is 24.3 Å². The van der Waals surface area contributed by atoms with Crippen LogP contribution in [0.1, 0.15) is 5.56 Å². The average Bonchev–Trinajstić information content (AvgIpc) is 3.54. The van der Waals surface area contributed by atoms with Crippen LogP contribution < -0.4 is 0 Å². The van der Waals surface area contributed by atoms with Gasteiger partial charge in [0.2, 0.25) is 0 Å². The first-order valence-corrected chi connectivity index (χ1v) is 13.4. The lowest BCUT2D eigenvalue weighted by molar-refractivity contribution is 1.17. The molecule has 0 spiro atoms. The molecule has 40 heavy (non-hydrogen) atoms. The summed E-state index contributed by atoms with van der Waals surface area (Å²) in [5.41, 5.74) is 9.96. The Labute approximate surface area is 231 Å². The number of hydrogen-bond donors (Lipinski definition) is 0. The number of nitriles is 1. The molecule has 0 saturated carbocycles. The van der Waals surface area contributed by atoms with Crippen LogP contribution in [0.3, 0.4) is 0 Å². The maximum Gasteiger partial charge on any atom is 0.0991 e. The zero-order valence-corrected chi connectivity index (χ0v) is 21.6. The van der Waals surface area contributed by atoms with E-state index in [0.717, 1.165) is 22.5 Å². The van der Waals surface area contributed by atoms with Crippen molar-refractivity contribution in [3.8, 4) is 28.6 Å². The van der Waals surface area contributed by atoms with E-state index < -0.39 is 0 Å². The Morgan fingerprint density at radius 3 is 1.38 bits per heavy atom. The molecule has 3 nitrogen and oxygen atoms in total. The van der Waals surface area contributed by atoms with Gasteiger partial charge in [-0.2, -0.15) is 5.26 Å². The number of nitrogens with zero attached hydrogens (tertiary/aromatic N) is 3. The van der Waals surface area contributed by atoms with Crippen LogP contribution in [0, 0.1) is 11.3 Å². The second-order valence-corrected chi connectivity index (χ2v) is 10.2. The topological polar surface area (TPSA) is 33.6 Å². The molecule has 3 heteroatoms. The van der Waals surface area contributed by atoms with Crippen molar-refractivity contribution in [1.29, 1.82) is 5.26 Å². The summed E-state index contributed by atoms with van der Waals surface area (Å²) in [4.78, 5) is 0. The Balaban J connectivity index is 1.32. The van der Waals surface area contributed by atoms with Crippen LogP contribution in [0.2, 0.25) is 0 Å². The summed E-state index contributed by atoms with van der Waals surface area (Å²) in [6.07, 6.45) is 0. The summed E-state index contributed by atoms with van der Waals surface area (Å²) >= 11 is 0. The predicted octanol–water partition coefficient (Wildman–Crippen LogP) is 9.42. The Bertz CT molecular complexity index is 2200. The van der Waals surface area contributed by atoms with Gasteiger partial charge in [0.05, 0.1) is 33.7 Å². The molecule has 2 aromatic heterocycles. The molecule has 8 aromatic rings. The van der Waals surface area contributed by atoms with Crippen LogP contribution in [-0.2, 0) is 0 Å². The van der Waals surface area contributed by atoms with Gasteiger partial charge in [-0.3, -0.25) is 0 Å². The predicted molar refractivity (Wildman–Crippen MR) is 165 cm³/mol. The lowest BCUT2D eigenvalue weighted by atomic mass is 10.0. The number of fused-ring (bicyclic) bond motifs is 6. The van der Waals surface area contributed by atoms with E-state index in [2.05, 4.69) is 130 Å². The highest BCUT2D eigenvalue weighted by molar-refractivity contribution is 6.12. The number of para-hydroxylation sites is 3. The fraction of sp³-hybridized carbons (Fsp3) is 0. The fourth-order valence-corrected chi connectivity index (χ4v) is 6.12. The molecule has 0 saturated heterocycles. The van der Waals surface area contributed by atoms with Crippen LogP contribution in [0.25, 0.3) is 66.1 Å². The van der Waals surface area contributed by atoms with Gasteiger partial charge in [-0.15, -0.1) is 0 Å². The van der Waals surface area contributed by atoms with E-state index in [9.17, 15) is 0 Å². The Morgan fingerprint density at radius 1 is 0.400 bits per heavy atom. The molecule has 0 amide bonds. The summed E-state index contributed by atoms with van der Waals surface area (Å²) in [7, 11) is 0. The van der Waals surface area contributed by atoms with Gasteiger partial charge >= 0.3 is 0 Å². The monoisotopic (exact) mass is 509 g/mol. The van der Waals surface area contributed by atoms with Gasteiger partial charge in [-0.1, -0.05) is 78.9 Å². The Hall–Kier alpha value is -5.59. The standard InChI is InChI=1S/C37H23N3/c38-24-25-13-15-26(16-14-25)27-17-19-28(20-18-27)39-36-12-6-3-9-32(36)33-23-29(21-22-37(33)39)40-34-10-4-1-7-30(34)31-8-2-5-11-35(31)40/h1-23H. The highest BCUT2D eigenvalue weighted by Gasteiger charge is 2.16. The molecular weight excluding hydrogens is 486 g/mol. The molecule has 0 bridgehead atoms. The van der Waals surface area contributed by atoms with E-state index in [4.69, 9.17) is 5.26 Å². The molecule has 0 radical (unpaired) electrons. The van der Waals surface area contributed by atoms with Crippen molar-refractivity contribution in [2.24, 2.45) is 0 Å². The van der Waals surface area contributed by atoms with E-state index in [1.165, 1.54) is 43.6 Å². The first-order valence-electron chi connectivity index (χ1n) is 13.4. The minimum absolute atomic E-state index is 0.672. The number of benzene rings is 6. The van der Waals surface area contributed by atoms with Crippen molar-refractivity contribution in [3.63, 3.8) is 0 Å². The second-order valence-electron chi connectivity index (χ2n) is 10.2. The van der Waals surface area contributed by atoms with Crippen LogP contribution in [0.15, 0.2) is 140 Å². The van der Waals surface area contributed by atoms with Gasteiger partial charge in [0.15, 0.2) is 0 Å². The minimum atomic E-state index is 0.672. The van der Waals surface area contributed by atoms with Gasteiger partial charge in [-0.25, -0.2) is 0 Å². The largest absolute Gasteiger partial charge is 0.309 e. The maximum atomic E-state index is 9.12. The third-order valence-corrected chi connectivity index (χ3v) is 7.97. The number of aromatic nitrogens is 2. The normalized spacial score (nSPS) is 11.5. The van der Waals surface area contributed by atoms with Crippen molar-refractivity contribution in [3.05, 3.63) is 145 Å². The molecule has 2 heterocycles. The van der Waals surface area contributed by atoms with E-state index in [1.54, 1.807) is 0 Å². The SMILES string of the molecule is N#Cc1ccc(-c2ccc(-n3c4ccccc4c4cc(-n5c6ccccc6c6ccccc65)ccc43)cc2)cc1. The highest BCUT2D eigenvalue weighted by atomic mass is 15.0. The molecule has 0 aliphatic heterocycles. The molecule has 0 unspecified atom stereocenters. The van der Waals surface area contributed by atoms with E-state index >= 15 is 0 Å². The average molecular weight is 510 g/mol. The zero-order valence-electron chi connectivity index (χ0n) is 21.6. The zero-order chi connectivity index (χ0) is 26.6. The first kappa shape index (κ1) is 22.4. The third-order valence-electron chi connectivity index (χ3n) is 7.97. The second kappa shape index (κ2) is 8.73. The van der Waals surface area contributed by atoms with Crippen molar-refractivity contribution in [2.75, 3.05) is 0 Å². The summed E-state index contributed by atoms with van der Waals surface area (Å²) in [5.74, 6) is 0. The van der Waals surface area contributed by atoms with E-state index in [-0.39, 0.29) is 0 Å². The molecule has 186 valence electrons. The van der Waals surface area contributed by atoms with Gasteiger partial charge in [0.1, 0.15) is 0 Å². The molecule has 0 N–H and O–H groups in total. The molecule has 0 fully saturated rings. The van der Waals surface area contributed by atoms with Crippen LogP contribution >= 0.6 is 0 Å². The molecule has 6 aromatic carbocycles. The third kappa shape index (κ3) is 3.30. The van der Waals surface area contributed by atoms with Crippen molar-refractivity contribution < 1.29 is 0 Å². The first-order chi connectivity index (χ1) is 19.8. The van der Waals surface area contributed by atoms with Gasteiger partial charge in [0.25, 0.3) is 0 Å². The summed E-state index contributed by atoms with van der Waals surface area (Å²) < 4.78 is 4.73. The maximum absolute atomic E-state index is 9.12. The van der Waals surface area contributed by atoms with Crippen LogP contribution in [0.4, 0.5) is 0 Å². The van der Waals surface area contributed by atoms with Crippen molar-refractivity contribution in [2.45, 2.75) is 0 Å². The molecule has 8 rings (SSSR count). The lowest BCUT2D eigenvalue weighted by Gasteiger charge is -2.11. The summed E-state index contributed by atoms with van der Waals surface area (Å²) in [6, 6.07) is 51.4. The number of hydrogen-bond acceptors (Lipinski definition) is 1. The quantitative estimate of drug-likeness (QED) is 0.233. The Morgan fingerprint density at radius 2 is 0.825 bits per heavy atom. The van der Waals surface area contributed by atoms with Crippen molar-refractivity contribution >= 4 is 43.6 Å². The lowest BCUT2D eigenvalue weighted by Crippen LogP contribution is -1.95. The molecular formula is C37H23N3. The van der Waals surface area contributed by atoms with Gasteiger partial charge in [0, 0.05) is 32.9 Å². The summed E-state index contributed by atoms with van der Waals surface area (Å²) in [6.45, 7) is 0. The van der Waals surface area contributed by atoms with Crippen LogP contribution in [-0.4, -0.2) is 9.13 Å². The highest BCUT2D eigenvalue weighted by Crippen LogP contribution is 2.37. The van der Waals surface area contributed by atoms with Crippen LogP contribution in [0.5, 0.6) is 0 Å². The number of rotatable bonds is 3. The smallest absolute Gasteiger partial charge is 0.0991 e. The summed E-state index contributed by atoms with van der Waals surface area (Å²) in [5, 5.41) is 14.1. The van der Waals surface area contributed by atoms with Crippen molar-refractivity contribution in [1.82, 2.24) is 9.13 Å². The molecule has 0 atom stereocenters. The van der Waals surface area contributed by atoms with Gasteiger partial charge < -0.3 is 9.13 Å². The molecule has 0 aliphatic rings. The van der Waals surface area contributed by atoms with E-state index in [0.29, 0.717) is 5.56 Å². The molecule has 0 aliphatic carbocycles. The minimum Gasteiger partial charge on any atom is -0.309 e. The fourth-order valence-electron chi connectivity index (χ4n) is 6.12. The Kier molecular flexibility index (Phi) is 4.89. The van der Waals surface area contributed by atoms with Gasteiger partial charge in [-0.05, 0) is 71.8 Å².